The predicted molar refractivity (Wildman–Crippen MR) is 120 cm³/mol. The molecule has 1 amide bonds. The molecule has 0 atom stereocenters. The summed E-state index contributed by atoms with van der Waals surface area (Å²) in [7, 11) is 1.48. The molecule has 0 aliphatic carbocycles. The highest BCUT2D eigenvalue weighted by atomic mass is 35.5. The van der Waals surface area contributed by atoms with Crippen LogP contribution in [-0.2, 0) is 16.0 Å². The van der Waals surface area contributed by atoms with Crippen LogP contribution in [0, 0.1) is 0 Å². The van der Waals surface area contributed by atoms with Crippen LogP contribution in [0.2, 0.25) is 5.02 Å². The lowest BCUT2D eigenvalue weighted by Crippen LogP contribution is -2.20. The SMILES string of the molecule is CCOCCn1c(=NC(=O)c2cc(Cl)ccc2OC)sc2cc(C(=O)OCC)ccc21. The number of aromatic nitrogens is 1. The molecule has 0 N–H and O–H groups in total. The summed E-state index contributed by atoms with van der Waals surface area (Å²) in [4.78, 5) is 29.9. The molecule has 3 aromatic rings. The molecule has 1 aromatic heterocycles. The highest BCUT2D eigenvalue weighted by molar-refractivity contribution is 7.16. The Bertz CT molecular complexity index is 1170. The number of benzene rings is 2. The van der Waals surface area contributed by atoms with E-state index in [1.165, 1.54) is 24.5 Å². The van der Waals surface area contributed by atoms with E-state index in [0.29, 0.717) is 47.5 Å². The van der Waals surface area contributed by atoms with Crippen molar-refractivity contribution < 1.29 is 23.8 Å². The highest BCUT2D eigenvalue weighted by Crippen LogP contribution is 2.24. The summed E-state index contributed by atoms with van der Waals surface area (Å²) in [6.07, 6.45) is 0. The van der Waals surface area contributed by atoms with Gasteiger partial charge in [-0.15, -0.1) is 0 Å². The van der Waals surface area contributed by atoms with Gasteiger partial charge in [-0.2, -0.15) is 4.99 Å². The molecule has 3 rings (SSSR count). The van der Waals surface area contributed by atoms with Gasteiger partial charge in [-0.05, 0) is 50.2 Å². The van der Waals surface area contributed by atoms with Crippen LogP contribution in [-0.4, -0.2) is 43.4 Å². The van der Waals surface area contributed by atoms with Gasteiger partial charge in [0.2, 0.25) is 0 Å². The van der Waals surface area contributed by atoms with Gasteiger partial charge in [0.1, 0.15) is 5.75 Å². The number of hydrogen-bond acceptors (Lipinski definition) is 6. The third-order valence-electron chi connectivity index (χ3n) is 4.45. The molecular weight excluding hydrogens is 440 g/mol. The Labute approximate surface area is 188 Å². The number of fused-ring (bicyclic) bond motifs is 1. The Morgan fingerprint density at radius 2 is 1.94 bits per heavy atom. The maximum Gasteiger partial charge on any atom is 0.338 e. The number of thiazole rings is 1. The zero-order valence-corrected chi connectivity index (χ0v) is 19.1. The minimum Gasteiger partial charge on any atom is -0.496 e. The summed E-state index contributed by atoms with van der Waals surface area (Å²) >= 11 is 7.37. The van der Waals surface area contributed by atoms with Crippen LogP contribution in [0.5, 0.6) is 5.75 Å². The molecule has 0 aliphatic rings. The van der Waals surface area contributed by atoms with Gasteiger partial charge in [0.05, 0.1) is 41.7 Å². The highest BCUT2D eigenvalue weighted by Gasteiger charge is 2.15. The summed E-state index contributed by atoms with van der Waals surface area (Å²) < 4.78 is 18.6. The lowest BCUT2D eigenvalue weighted by molar-refractivity contribution is 0.0526. The normalized spacial score (nSPS) is 11.7. The smallest absolute Gasteiger partial charge is 0.338 e. The summed E-state index contributed by atoms with van der Waals surface area (Å²) in [5.74, 6) is -0.469. The molecule has 31 heavy (non-hydrogen) atoms. The van der Waals surface area contributed by atoms with Crippen molar-refractivity contribution in [1.82, 2.24) is 4.57 Å². The number of ether oxygens (including phenoxy) is 3. The minimum absolute atomic E-state index is 0.274. The standard InChI is InChI=1S/C22H23ClN2O5S/c1-4-29-11-10-25-17-8-6-14(21(27)30-5-2)12-19(17)31-22(25)24-20(26)16-13-15(23)7-9-18(16)28-3/h6-9,12-13H,4-5,10-11H2,1-3H3. The first kappa shape index (κ1) is 23.0. The number of methoxy groups -OCH3 is 1. The van der Waals surface area contributed by atoms with Crippen LogP contribution >= 0.6 is 22.9 Å². The van der Waals surface area contributed by atoms with E-state index in [9.17, 15) is 9.59 Å². The molecule has 0 radical (unpaired) electrons. The fourth-order valence-corrected chi connectivity index (χ4v) is 4.28. The van der Waals surface area contributed by atoms with Gasteiger partial charge in [-0.3, -0.25) is 4.79 Å². The molecule has 0 bridgehead atoms. The van der Waals surface area contributed by atoms with Crippen LogP contribution in [0.15, 0.2) is 41.4 Å². The van der Waals surface area contributed by atoms with Crippen molar-refractivity contribution in [2.24, 2.45) is 4.99 Å². The Balaban J connectivity index is 2.10. The number of hydrogen-bond donors (Lipinski definition) is 0. The van der Waals surface area contributed by atoms with E-state index in [2.05, 4.69) is 4.99 Å². The van der Waals surface area contributed by atoms with E-state index in [0.717, 1.165) is 10.2 Å². The Morgan fingerprint density at radius 3 is 2.65 bits per heavy atom. The molecule has 0 saturated carbocycles. The van der Waals surface area contributed by atoms with Crippen molar-refractivity contribution in [3.63, 3.8) is 0 Å². The molecule has 0 saturated heterocycles. The molecule has 0 spiro atoms. The Hall–Kier alpha value is -2.68. The molecule has 0 unspecified atom stereocenters. The van der Waals surface area contributed by atoms with Crippen molar-refractivity contribution in [3.8, 4) is 5.75 Å². The van der Waals surface area contributed by atoms with Gasteiger partial charge in [-0.25, -0.2) is 4.79 Å². The summed E-state index contributed by atoms with van der Waals surface area (Å²) in [5.41, 5.74) is 1.57. The summed E-state index contributed by atoms with van der Waals surface area (Å²) in [6.45, 7) is 5.53. The lowest BCUT2D eigenvalue weighted by Gasteiger charge is -2.07. The maximum absolute atomic E-state index is 12.9. The first-order valence-corrected chi connectivity index (χ1v) is 11.0. The molecule has 7 nitrogen and oxygen atoms in total. The number of halogens is 1. The lowest BCUT2D eigenvalue weighted by atomic mass is 10.2. The Morgan fingerprint density at radius 1 is 1.13 bits per heavy atom. The zero-order chi connectivity index (χ0) is 22.4. The van der Waals surface area contributed by atoms with E-state index >= 15 is 0 Å². The Kier molecular flexibility index (Phi) is 7.84. The quantitative estimate of drug-likeness (QED) is 0.368. The second-order valence-electron chi connectivity index (χ2n) is 6.40. The summed E-state index contributed by atoms with van der Waals surface area (Å²) in [5, 5.41) is 0.416. The van der Waals surface area contributed by atoms with Crippen LogP contribution < -0.4 is 9.54 Å². The van der Waals surface area contributed by atoms with Gasteiger partial charge in [0.25, 0.3) is 5.91 Å². The average molecular weight is 463 g/mol. The number of esters is 1. The first-order chi connectivity index (χ1) is 15.0. The van der Waals surface area contributed by atoms with Gasteiger partial charge in [0.15, 0.2) is 4.80 Å². The van der Waals surface area contributed by atoms with Gasteiger partial charge >= 0.3 is 5.97 Å². The van der Waals surface area contributed by atoms with Gasteiger partial charge < -0.3 is 18.8 Å². The molecule has 2 aromatic carbocycles. The van der Waals surface area contributed by atoms with E-state index in [4.69, 9.17) is 25.8 Å². The number of rotatable bonds is 8. The third kappa shape index (κ3) is 5.33. The van der Waals surface area contributed by atoms with Gasteiger partial charge in [-0.1, -0.05) is 22.9 Å². The molecular formula is C22H23ClN2O5S. The second kappa shape index (κ2) is 10.6. The van der Waals surface area contributed by atoms with E-state index < -0.39 is 11.9 Å². The fraction of sp³-hybridized carbons (Fsp3) is 0.318. The number of carbonyl (C=O) groups excluding carboxylic acids is 2. The van der Waals surface area contributed by atoms with Gasteiger partial charge in [0, 0.05) is 18.2 Å². The third-order valence-corrected chi connectivity index (χ3v) is 5.72. The predicted octanol–water partition coefficient (Wildman–Crippen LogP) is 4.32. The number of nitrogens with zero attached hydrogens (tertiary/aromatic N) is 2. The van der Waals surface area contributed by atoms with Crippen molar-refractivity contribution >= 4 is 45.0 Å². The van der Waals surface area contributed by atoms with Crippen molar-refractivity contribution in [1.29, 1.82) is 0 Å². The van der Waals surface area contributed by atoms with Crippen molar-refractivity contribution in [2.45, 2.75) is 20.4 Å². The zero-order valence-electron chi connectivity index (χ0n) is 17.5. The van der Waals surface area contributed by atoms with Crippen LogP contribution in [0.3, 0.4) is 0 Å². The molecule has 9 heteroatoms. The van der Waals surface area contributed by atoms with E-state index in [1.807, 2.05) is 17.6 Å². The van der Waals surface area contributed by atoms with Crippen molar-refractivity contribution in [3.05, 3.63) is 57.3 Å². The molecule has 0 fully saturated rings. The minimum atomic E-state index is -0.471. The van der Waals surface area contributed by atoms with Crippen molar-refractivity contribution in [2.75, 3.05) is 26.9 Å². The summed E-state index contributed by atoms with van der Waals surface area (Å²) in [6, 6.07) is 10.1. The molecule has 0 aliphatic heterocycles. The van der Waals surface area contributed by atoms with E-state index in [-0.39, 0.29) is 5.56 Å². The van der Waals surface area contributed by atoms with Crippen LogP contribution in [0.4, 0.5) is 0 Å². The fourth-order valence-electron chi connectivity index (χ4n) is 3.01. The topological polar surface area (TPSA) is 79.1 Å². The van der Waals surface area contributed by atoms with Crippen LogP contribution in [0.1, 0.15) is 34.6 Å². The number of amides is 1. The molecule has 164 valence electrons. The second-order valence-corrected chi connectivity index (χ2v) is 7.84. The van der Waals surface area contributed by atoms with E-state index in [1.54, 1.807) is 31.2 Å². The molecule has 1 heterocycles. The maximum atomic E-state index is 12.9. The number of carbonyl (C=O) groups is 2. The average Bonchev–Trinajstić information content (AvgIpc) is 3.10. The first-order valence-electron chi connectivity index (χ1n) is 9.79. The van der Waals surface area contributed by atoms with Crippen LogP contribution in [0.25, 0.3) is 10.2 Å². The largest absolute Gasteiger partial charge is 0.496 e. The monoisotopic (exact) mass is 462 g/mol.